The summed E-state index contributed by atoms with van der Waals surface area (Å²) in [5.74, 6) is -0.485. The molecule has 176 valence electrons. The molecule has 1 heterocycles. The molecule has 0 aromatic heterocycles. The van der Waals surface area contributed by atoms with Gasteiger partial charge in [-0.3, -0.25) is 34.7 Å². The van der Waals surface area contributed by atoms with Gasteiger partial charge in [0, 0.05) is 11.6 Å². The third kappa shape index (κ3) is 5.20. The van der Waals surface area contributed by atoms with Gasteiger partial charge in [-0.15, -0.1) is 0 Å². The lowest BCUT2D eigenvalue weighted by atomic mass is 10.1. The predicted molar refractivity (Wildman–Crippen MR) is 129 cm³/mol. The number of aryl methyl sites for hydroxylation is 1. The standard InChI is InChI=1S/C24H17N3O7S/c1-15-5-4-6-16(11-15)14-25-23(28)22(35-24(25)29)12-17-7-2-3-8-20(17)34-21-10-9-18(26(30)31)13-19(21)27(32)33/h2-13H,14H2,1H3/b22-12-. The van der Waals surface area contributed by atoms with Crippen molar-refractivity contribution in [1.29, 1.82) is 0 Å². The molecule has 1 fully saturated rings. The molecular weight excluding hydrogens is 474 g/mol. The molecule has 0 atom stereocenters. The number of nitro groups is 2. The highest BCUT2D eigenvalue weighted by Crippen LogP contribution is 2.38. The Morgan fingerprint density at radius 2 is 1.71 bits per heavy atom. The van der Waals surface area contributed by atoms with E-state index >= 15 is 0 Å². The normalized spacial score (nSPS) is 14.4. The highest BCUT2D eigenvalue weighted by molar-refractivity contribution is 8.18. The van der Waals surface area contributed by atoms with Gasteiger partial charge in [0.2, 0.25) is 5.75 Å². The Hall–Kier alpha value is -4.51. The van der Waals surface area contributed by atoms with Crippen LogP contribution in [-0.4, -0.2) is 25.9 Å². The van der Waals surface area contributed by atoms with Crippen molar-refractivity contribution in [3.63, 3.8) is 0 Å². The zero-order valence-corrected chi connectivity index (χ0v) is 19.1. The van der Waals surface area contributed by atoms with E-state index in [2.05, 4.69) is 0 Å². The Morgan fingerprint density at radius 1 is 0.943 bits per heavy atom. The fourth-order valence-electron chi connectivity index (χ4n) is 3.43. The molecule has 11 heteroatoms. The predicted octanol–water partition coefficient (Wildman–Crippen LogP) is 5.84. The second-order valence-corrected chi connectivity index (χ2v) is 8.56. The SMILES string of the molecule is Cc1cccc(CN2C(=O)S/C(=C\c3ccccc3Oc3ccc([N+](=O)[O-])cc3[N+](=O)[O-])C2=O)c1. The minimum atomic E-state index is -0.776. The topological polar surface area (TPSA) is 133 Å². The number of nitrogens with zero attached hydrogens (tertiary/aromatic N) is 3. The van der Waals surface area contributed by atoms with Crippen LogP contribution in [0.15, 0.2) is 71.6 Å². The Morgan fingerprint density at radius 3 is 2.43 bits per heavy atom. The van der Waals surface area contributed by atoms with Gasteiger partial charge in [0.15, 0.2) is 0 Å². The maximum atomic E-state index is 12.9. The molecule has 10 nitrogen and oxygen atoms in total. The number of carbonyl (C=O) groups excluding carboxylic acids is 2. The van der Waals surface area contributed by atoms with Gasteiger partial charge in [-0.05, 0) is 42.5 Å². The van der Waals surface area contributed by atoms with Gasteiger partial charge in [0.05, 0.1) is 27.4 Å². The van der Waals surface area contributed by atoms with Crippen LogP contribution in [-0.2, 0) is 11.3 Å². The van der Waals surface area contributed by atoms with Crippen LogP contribution in [0.2, 0.25) is 0 Å². The molecule has 0 saturated carbocycles. The first-order valence-electron chi connectivity index (χ1n) is 10.2. The summed E-state index contributed by atoms with van der Waals surface area (Å²) in [6.07, 6.45) is 1.48. The number of imide groups is 1. The molecular formula is C24H17N3O7S. The van der Waals surface area contributed by atoms with Crippen LogP contribution >= 0.6 is 11.8 Å². The average molecular weight is 491 g/mol. The van der Waals surface area contributed by atoms with Crippen molar-refractivity contribution in [2.45, 2.75) is 13.5 Å². The number of non-ortho nitro benzene ring substituents is 1. The molecule has 0 bridgehead atoms. The van der Waals surface area contributed by atoms with Crippen LogP contribution in [0.5, 0.6) is 11.5 Å². The molecule has 0 radical (unpaired) electrons. The summed E-state index contributed by atoms with van der Waals surface area (Å²) in [6, 6.07) is 17.0. The van der Waals surface area contributed by atoms with Gasteiger partial charge in [-0.25, -0.2) is 0 Å². The van der Waals surface area contributed by atoms with Gasteiger partial charge in [0.1, 0.15) is 5.75 Å². The molecule has 4 rings (SSSR count). The Balaban J connectivity index is 1.62. The van der Waals surface area contributed by atoms with Crippen molar-refractivity contribution in [3.05, 3.63) is 109 Å². The molecule has 2 amide bonds. The van der Waals surface area contributed by atoms with Crippen LogP contribution in [0.3, 0.4) is 0 Å². The number of carbonyl (C=O) groups is 2. The maximum absolute atomic E-state index is 12.9. The van der Waals surface area contributed by atoms with E-state index in [0.717, 1.165) is 46.0 Å². The first-order valence-corrected chi connectivity index (χ1v) is 11.0. The smallest absolute Gasteiger partial charge is 0.318 e. The Labute approximate surface area is 203 Å². The zero-order valence-electron chi connectivity index (χ0n) is 18.2. The van der Waals surface area contributed by atoms with Crippen LogP contribution in [0.1, 0.15) is 16.7 Å². The summed E-state index contributed by atoms with van der Waals surface area (Å²) in [6.45, 7) is 2.06. The van der Waals surface area contributed by atoms with Crippen molar-refractivity contribution in [2.24, 2.45) is 0 Å². The number of nitro benzene ring substituents is 2. The fraction of sp³-hybridized carbons (Fsp3) is 0.0833. The maximum Gasteiger partial charge on any atom is 0.318 e. The van der Waals surface area contributed by atoms with Crippen LogP contribution in [0.4, 0.5) is 16.2 Å². The first kappa shape index (κ1) is 23.6. The van der Waals surface area contributed by atoms with Crippen LogP contribution < -0.4 is 4.74 Å². The lowest BCUT2D eigenvalue weighted by molar-refractivity contribution is -0.394. The van der Waals surface area contributed by atoms with E-state index < -0.39 is 32.4 Å². The van der Waals surface area contributed by atoms with Crippen molar-refractivity contribution < 1.29 is 24.2 Å². The van der Waals surface area contributed by atoms with Gasteiger partial charge >= 0.3 is 5.69 Å². The molecule has 1 aliphatic rings. The fourth-order valence-corrected chi connectivity index (χ4v) is 4.26. The van der Waals surface area contributed by atoms with E-state index in [0.29, 0.717) is 5.56 Å². The zero-order chi connectivity index (χ0) is 25.1. The Bertz CT molecular complexity index is 1400. The summed E-state index contributed by atoms with van der Waals surface area (Å²) in [4.78, 5) is 47.7. The van der Waals surface area contributed by atoms with E-state index in [9.17, 15) is 29.8 Å². The summed E-state index contributed by atoms with van der Waals surface area (Å²) < 4.78 is 5.72. The van der Waals surface area contributed by atoms with E-state index in [1.807, 2.05) is 31.2 Å². The lowest BCUT2D eigenvalue weighted by Crippen LogP contribution is -2.27. The number of hydrogen-bond acceptors (Lipinski definition) is 8. The average Bonchev–Trinajstić information content (AvgIpc) is 3.07. The Kier molecular flexibility index (Phi) is 6.60. The van der Waals surface area contributed by atoms with E-state index in [4.69, 9.17) is 4.74 Å². The number of para-hydroxylation sites is 1. The highest BCUT2D eigenvalue weighted by atomic mass is 32.2. The summed E-state index contributed by atoms with van der Waals surface area (Å²) >= 11 is 0.788. The number of thioether (sulfide) groups is 1. The van der Waals surface area contributed by atoms with Gasteiger partial charge < -0.3 is 4.74 Å². The molecule has 0 N–H and O–H groups in total. The lowest BCUT2D eigenvalue weighted by Gasteiger charge is -2.13. The highest BCUT2D eigenvalue weighted by Gasteiger charge is 2.35. The molecule has 35 heavy (non-hydrogen) atoms. The van der Waals surface area contributed by atoms with Crippen LogP contribution in [0, 0.1) is 27.2 Å². The molecule has 3 aromatic carbocycles. The van der Waals surface area contributed by atoms with Gasteiger partial charge in [-0.1, -0.05) is 48.0 Å². The van der Waals surface area contributed by atoms with Crippen molar-refractivity contribution in [2.75, 3.05) is 0 Å². The summed E-state index contributed by atoms with van der Waals surface area (Å²) in [5.41, 5.74) is 1.22. The van der Waals surface area contributed by atoms with E-state index in [1.54, 1.807) is 18.2 Å². The number of amides is 2. The van der Waals surface area contributed by atoms with Crippen molar-refractivity contribution in [1.82, 2.24) is 4.90 Å². The minimum Gasteiger partial charge on any atom is -0.449 e. The number of hydrogen-bond donors (Lipinski definition) is 0. The van der Waals surface area contributed by atoms with Crippen molar-refractivity contribution in [3.8, 4) is 11.5 Å². The van der Waals surface area contributed by atoms with Gasteiger partial charge in [-0.2, -0.15) is 0 Å². The molecule has 3 aromatic rings. The monoisotopic (exact) mass is 491 g/mol. The third-order valence-corrected chi connectivity index (χ3v) is 5.98. The second-order valence-electron chi connectivity index (χ2n) is 7.56. The van der Waals surface area contributed by atoms with Crippen molar-refractivity contribution >= 4 is 40.4 Å². The first-order chi connectivity index (χ1) is 16.7. The summed E-state index contributed by atoms with van der Waals surface area (Å²) in [7, 11) is 0. The largest absolute Gasteiger partial charge is 0.449 e. The quantitative estimate of drug-likeness (QED) is 0.229. The van der Waals surface area contributed by atoms with E-state index in [-0.39, 0.29) is 22.9 Å². The summed E-state index contributed by atoms with van der Waals surface area (Å²) in [5, 5.41) is 22.0. The minimum absolute atomic E-state index is 0.136. The number of ether oxygens (including phenoxy) is 1. The third-order valence-electron chi connectivity index (χ3n) is 5.07. The number of benzene rings is 3. The molecule has 1 saturated heterocycles. The molecule has 1 aliphatic heterocycles. The molecule has 0 unspecified atom stereocenters. The molecule has 0 aliphatic carbocycles. The van der Waals surface area contributed by atoms with E-state index in [1.165, 1.54) is 12.1 Å². The van der Waals surface area contributed by atoms with Gasteiger partial charge in [0.25, 0.3) is 16.8 Å². The van der Waals surface area contributed by atoms with Crippen LogP contribution in [0.25, 0.3) is 6.08 Å². The molecule has 0 spiro atoms. The number of rotatable bonds is 7. The second kappa shape index (κ2) is 9.77.